The van der Waals surface area contributed by atoms with Gasteiger partial charge in [0.15, 0.2) is 4.87 Å². The molecule has 1 aliphatic heterocycles. The van der Waals surface area contributed by atoms with E-state index in [9.17, 15) is 8.42 Å². The van der Waals surface area contributed by atoms with E-state index in [2.05, 4.69) is 10.2 Å². The number of rotatable bonds is 2. The Kier molecular flexibility index (Phi) is 2.74. The Bertz CT molecular complexity index is 751. The van der Waals surface area contributed by atoms with Crippen LogP contribution in [0.15, 0.2) is 39.4 Å². The molecule has 22 heavy (non-hydrogen) atoms. The Morgan fingerprint density at radius 3 is 2.45 bits per heavy atom. The second-order valence-electron chi connectivity index (χ2n) is 7.67. The van der Waals surface area contributed by atoms with Crippen molar-refractivity contribution >= 4 is 9.84 Å². The third-order valence-electron chi connectivity index (χ3n) is 5.96. The zero-order chi connectivity index (χ0) is 15.8. The number of nitrogens with zero attached hydrogens (tertiary/aromatic N) is 2. The van der Waals surface area contributed by atoms with Gasteiger partial charge in [-0.1, -0.05) is 17.7 Å². The lowest BCUT2D eigenvalue weighted by atomic mass is 9.74. The first-order valence-corrected chi connectivity index (χ1v) is 9.53. The minimum Gasteiger partial charge on any atom is -0.221 e. The third kappa shape index (κ3) is 1.55. The molecule has 0 unspecified atom stereocenters. The van der Waals surface area contributed by atoms with E-state index < -0.39 is 14.7 Å². The monoisotopic (exact) mass is 318 g/mol. The molecule has 118 valence electrons. The first-order chi connectivity index (χ1) is 10.3. The molecule has 4 atom stereocenters. The quantitative estimate of drug-likeness (QED) is 0.833. The highest BCUT2D eigenvalue weighted by Crippen LogP contribution is 2.66. The summed E-state index contributed by atoms with van der Waals surface area (Å²) in [5, 5.41) is 8.89. The maximum absolute atomic E-state index is 13.5. The van der Waals surface area contributed by atoms with Gasteiger partial charge < -0.3 is 0 Å². The molecular weight excluding hydrogens is 296 g/mol. The van der Waals surface area contributed by atoms with Crippen molar-refractivity contribution < 1.29 is 8.42 Å². The molecule has 3 aliphatic rings. The fourth-order valence-electron chi connectivity index (χ4n) is 5.13. The lowest BCUT2D eigenvalue weighted by molar-refractivity contribution is 0.207. The summed E-state index contributed by atoms with van der Waals surface area (Å²) in [6, 6.07) is 7.18. The van der Waals surface area contributed by atoms with Crippen molar-refractivity contribution in [2.24, 2.45) is 28.0 Å². The Morgan fingerprint density at radius 2 is 1.77 bits per heavy atom. The molecule has 4 nitrogen and oxygen atoms in total. The van der Waals surface area contributed by atoms with Crippen molar-refractivity contribution in [1.29, 1.82) is 0 Å². The number of benzene rings is 1. The van der Waals surface area contributed by atoms with Crippen LogP contribution in [0.1, 0.15) is 38.7 Å². The molecule has 0 spiro atoms. The van der Waals surface area contributed by atoms with E-state index >= 15 is 0 Å². The molecule has 0 amide bonds. The van der Waals surface area contributed by atoms with E-state index in [0.717, 1.165) is 24.8 Å². The van der Waals surface area contributed by atoms with Gasteiger partial charge in [-0.05, 0) is 58.1 Å². The lowest BCUT2D eigenvalue weighted by Gasteiger charge is -2.39. The number of aryl methyl sites for hydroxylation is 1. The topological polar surface area (TPSA) is 58.9 Å². The molecule has 1 heterocycles. The van der Waals surface area contributed by atoms with Crippen molar-refractivity contribution in [3.8, 4) is 0 Å². The van der Waals surface area contributed by atoms with Crippen LogP contribution in [0.25, 0.3) is 0 Å². The van der Waals surface area contributed by atoms with Crippen LogP contribution in [0.3, 0.4) is 0 Å². The predicted octanol–water partition coefficient (Wildman–Crippen LogP) is 3.76. The van der Waals surface area contributed by atoms with Crippen LogP contribution in [0.4, 0.5) is 0 Å². The zero-order valence-corrected chi connectivity index (χ0v) is 14.1. The maximum atomic E-state index is 13.5. The Morgan fingerprint density at radius 1 is 1.09 bits per heavy atom. The van der Waals surface area contributed by atoms with E-state index in [1.165, 1.54) is 0 Å². The van der Waals surface area contributed by atoms with Crippen LogP contribution in [-0.2, 0) is 9.84 Å². The van der Waals surface area contributed by atoms with Gasteiger partial charge in [0.2, 0.25) is 9.84 Å². The molecule has 2 fully saturated rings. The molecule has 0 aromatic heterocycles. The number of hydrogen-bond acceptors (Lipinski definition) is 4. The average molecular weight is 318 g/mol. The summed E-state index contributed by atoms with van der Waals surface area (Å²) in [5.41, 5.74) is 0.687. The number of azo groups is 1. The number of fused-ring (bicyclic) bond motifs is 5. The minimum absolute atomic E-state index is 0.0186. The Labute approximate surface area is 132 Å². The maximum Gasteiger partial charge on any atom is 0.206 e. The molecule has 1 aromatic rings. The molecular formula is C17H22N2O2S. The Hall–Kier alpha value is -1.23. The summed E-state index contributed by atoms with van der Waals surface area (Å²) in [7, 11) is -3.52. The van der Waals surface area contributed by atoms with Crippen molar-refractivity contribution in [3.05, 3.63) is 29.8 Å². The number of hydrogen-bond donors (Lipinski definition) is 0. The second-order valence-corrected chi connectivity index (χ2v) is 9.80. The highest BCUT2D eigenvalue weighted by atomic mass is 32.2. The summed E-state index contributed by atoms with van der Waals surface area (Å²) in [6.07, 6.45) is 3.06. The van der Waals surface area contributed by atoms with Gasteiger partial charge >= 0.3 is 0 Å². The molecule has 0 N–H and O–H groups in total. The van der Waals surface area contributed by atoms with Crippen LogP contribution < -0.4 is 0 Å². The number of sulfone groups is 1. The van der Waals surface area contributed by atoms with E-state index in [1.807, 2.05) is 32.9 Å². The van der Waals surface area contributed by atoms with Gasteiger partial charge in [-0.3, -0.25) is 0 Å². The van der Waals surface area contributed by atoms with E-state index in [-0.39, 0.29) is 17.4 Å². The van der Waals surface area contributed by atoms with Gasteiger partial charge in [0.25, 0.3) is 0 Å². The highest BCUT2D eigenvalue weighted by Gasteiger charge is 2.72. The van der Waals surface area contributed by atoms with Crippen molar-refractivity contribution in [2.75, 3.05) is 0 Å². The fourth-order valence-corrected chi connectivity index (χ4v) is 7.62. The van der Waals surface area contributed by atoms with Gasteiger partial charge in [-0.25, -0.2) is 8.42 Å². The molecule has 0 saturated heterocycles. The lowest BCUT2D eigenvalue weighted by Crippen LogP contribution is -2.51. The normalized spacial score (nSPS) is 38.4. The van der Waals surface area contributed by atoms with Crippen molar-refractivity contribution in [3.63, 3.8) is 0 Å². The Balaban J connectivity index is 1.90. The standard InChI is InChI=1S/C17H22N2O2S/c1-11-4-8-14(9-5-11)22(20,21)17-13-7-6-12(10-13)15(17)16(2,3)18-19-17/h4-5,8-9,12-13,15H,6-7,10H2,1-3H3/t12-,13-,15+,17-/m0/s1. The van der Waals surface area contributed by atoms with Crippen LogP contribution in [0, 0.1) is 24.7 Å². The molecule has 5 heteroatoms. The van der Waals surface area contributed by atoms with Gasteiger partial charge in [-0.15, -0.1) is 0 Å². The molecule has 1 aromatic carbocycles. The zero-order valence-electron chi connectivity index (χ0n) is 13.3. The van der Waals surface area contributed by atoms with Gasteiger partial charge in [-0.2, -0.15) is 10.2 Å². The molecule has 0 radical (unpaired) electrons. The summed E-state index contributed by atoms with van der Waals surface area (Å²) < 4.78 is 26.9. The van der Waals surface area contributed by atoms with Crippen molar-refractivity contribution in [1.82, 2.24) is 0 Å². The van der Waals surface area contributed by atoms with Gasteiger partial charge in [0.05, 0.1) is 10.4 Å². The van der Waals surface area contributed by atoms with E-state index in [4.69, 9.17) is 0 Å². The molecule has 2 aliphatic carbocycles. The fraction of sp³-hybridized carbons (Fsp3) is 0.647. The highest BCUT2D eigenvalue weighted by molar-refractivity contribution is 7.92. The first-order valence-electron chi connectivity index (χ1n) is 8.04. The smallest absolute Gasteiger partial charge is 0.206 e. The third-order valence-corrected chi connectivity index (χ3v) is 8.38. The minimum atomic E-state index is -3.52. The van der Waals surface area contributed by atoms with E-state index in [1.54, 1.807) is 12.1 Å². The summed E-state index contributed by atoms with van der Waals surface area (Å²) in [6.45, 7) is 6.04. The molecule has 2 bridgehead atoms. The van der Waals surface area contributed by atoms with Crippen LogP contribution in [-0.4, -0.2) is 18.8 Å². The largest absolute Gasteiger partial charge is 0.221 e. The van der Waals surface area contributed by atoms with E-state index in [0.29, 0.717) is 10.8 Å². The first kappa shape index (κ1) is 14.4. The predicted molar refractivity (Wildman–Crippen MR) is 84.4 cm³/mol. The van der Waals surface area contributed by atoms with Gasteiger partial charge in [0, 0.05) is 11.8 Å². The van der Waals surface area contributed by atoms with Crippen LogP contribution in [0.5, 0.6) is 0 Å². The second kappa shape index (κ2) is 4.19. The average Bonchev–Trinajstić information content (AvgIpc) is 3.11. The summed E-state index contributed by atoms with van der Waals surface area (Å²) in [4.78, 5) is -0.624. The van der Waals surface area contributed by atoms with Gasteiger partial charge in [0.1, 0.15) is 0 Å². The van der Waals surface area contributed by atoms with Crippen molar-refractivity contribution in [2.45, 2.75) is 55.3 Å². The molecule has 4 rings (SSSR count). The van der Waals surface area contributed by atoms with Crippen LogP contribution in [0.2, 0.25) is 0 Å². The van der Waals surface area contributed by atoms with Crippen LogP contribution >= 0.6 is 0 Å². The molecule has 2 saturated carbocycles. The summed E-state index contributed by atoms with van der Waals surface area (Å²) >= 11 is 0. The SMILES string of the molecule is Cc1ccc(S(=O)(=O)[C@]23N=NC(C)(C)[C@H]2[C@H]2CC[C@H]3C2)cc1. The summed E-state index contributed by atoms with van der Waals surface area (Å²) in [5.74, 6) is 0.583.